The van der Waals surface area contributed by atoms with E-state index in [9.17, 15) is 9.18 Å². The Kier molecular flexibility index (Phi) is 4.17. The van der Waals surface area contributed by atoms with Crippen LogP contribution in [0.5, 0.6) is 5.88 Å². The third kappa shape index (κ3) is 3.24. The standard InChI is InChI=1S/C18H19FN2O4/c19-14-4-1-7-20-16(14)25-13-10-18(24-11-13)6-3-8-21(12-18)17(22)15-5-2-9-23-15/h1-2,4-5,7,9,13H,3,6,8,10-12H2/t13-,18-/m0/s1. The van der Waals surface area contributed by atoms with E-state index in [1.54, 1.807) is 17.0 Å². The van der Waals surface area contributed by atoms with Gasteiger partial charge in [-0.25, -0.2) is 9.37 Å². The third-order valence-electron chi connectivity index (χ3n) is 4.74. The Bertz CT molecular complexity index is 751. The number of amides is 1. The summed E-state index contributed by atoms with van der Waals surface area (Å²) < 4.78 is 30.6. The maximum absolute atomic E-state index is 13.7. The highest BCUT2D eigenvalue weighted by atomic mass is 19.1. The molecule has 4 heterocycles. The van der Waals surface area contributed by atoms with E-state index in [-0.39, 0.29) is 17.9 Å². The van der Waals surface area contributed by atoms with Crippen LogP contribution in [-0.2, 0) is 4.74 Å². The van der Waals surface area contributed by atoms with Crippen molar-refractivity contribution in [3.05, 3.63) is 48.3 Å². The van der Waals surface area contributed by atoms with Gasteiger partial charge in [0.1, 0.15) is 6.10 Å². The number of halogens is 1. The molecule has 2 aliphatic rings. The van der Waals surface area contributed by atoms with E-state index in [2.05, 4.69) is 4.98 Å². The number of hydrogen-bond acceptors (Lipinski definition) is 5. The van der Waals surface area contributed by atoms with Gasteiger partial charge in [-0.3, -0.25) is 4.79 Å². The van der Waals surface area contributed by atoms with Gasteiger partial charge in [0.2, 0.25) is 0 Å². The van der Waals surface area contributed by atoms with E-state index in [4.69, 9.17) is 13.9 Å². The van der Waals surface area contributed by atoms with Crippen molar-refractivity contribution in [3.63, 3.8) is 0 Å². The average molecular weight is 346 g/mol. The van der Waals surface area contributed by atoms with Gasteiger partial charge in [0.05, 0.1) is 25.0 Å². The van der Waals surface area contributed by atoms with Gasteiger partial charge in [0, 0.05) is 19.2 Å². The first-order chi connectivity index (χ1) is 12.2. The molecule has 132 valence electrons. The molecule has 7 heteroatoms. The largest absolute Gasteiger partial charge is 0.470 e. The first kappa shape index (κ1) is 16.1. The lowest BCUT2D eigenvalue weighted by molar-refractivity contribution is -0.0459. The molecule has 25 heavy (non-hydrogen) atoms. The van der Waals surface area contributed by atoms with Crippen molar-refractivity contribution < 1.29 is 23.1 Å². The number of carbonyl (C=O) groups excluding carboxylic acids is 1. The van der Waals surface area contributed by atoms with Gasteiger partial charge in [-0.15, -0.1) is 0 Å². The lowest BCUT2D eigenvalue weighted by Crippen LogP contribution is -2.50. The summed E-state index contributed by atoms with van der Waals surface area (Å²) >= 11 is 0. The van der Waals surface area contributed by atoms with Crippen LogP contribution >= 0.6 is 0 Å². The van der Waals surface area contributed by atoms with E-state index in [1.165, 1.54) is 24.6 Å². The molecule has 2 aliphatic heterocycles. The maximum Gasteiger partial charge on any atom is 0.289 e. The molecule has 1 amide bonds. The number of aromatic nitrogens is 1. The van der Waals surface area contributed by atoms with E-state index >= 15 is 0 Å². The van der Waals surface area contributed by atoms with E-state index in [1.807, 2.05) is 0 Å². The van der Waals surface area contributed by atoms with Crippen LogP contribution in [0.25, 0.3) is 0 Å². The summed E-state index contributed by atoms with van der Waals surface area (Å²) in [4.78, 5) is 18.2. The topological polar surface area (TPSA) is 64.8 Å². The minimum absolute atomic E-state index is 0.00697. The van der Waals surface area contributed by atoms with Crippen LogP contribution in [-0.4, -0.2) is 47.2 Å². The fraction of sp³-hybridized carbons (Fsp3) is 0.444. The van der Waals surface area contributed by atoms with E-state index < -0.39 is 11.4 Å². The van der Waals surface area contributed by atoms with Crippen LogP contribution in [0.2, 0.25) is 0 Å². The SMILES string of the molecule is O=C(c1ccco1)N1CCC[C@]2(C[C@H](Oc3ncccc3F)CO2)C1. The molecule has 6 nitrogen and oxygen atoms in total. The molecule has 0 radical (unpaired) electrons. The Hall–Kier alpha value is -2.41. The van der Waals surface area contributed by atoms with Crippen molar-refractivity contribution in [2.24, 2.45) is 0 Å². The summed E-state index contributed by atoms with van der Waals surface area (Å²) in [5.41, 5.74) is -0.448. The van der Waals surface area contributed by atoms with Crippen molar-refractivity contribution in [1.82, 2.24) is 9.88 Å². The predicted octanol–water partition coefficient (Wildman–Crippen LogP) is 2.66. The summed E-state index contributed by atoms with van der Waals surface area (Å²) in [5, 5.41) is 0. The number of ether oxygens (including phenoxy) is 2. The number of pyridine rings is 1. The molecule has 1 spiro atoms. The number of hydrogen-bond donors (Lipinski definition) is 0. The zero-order valence-electron chi connectivity index (χ0n) is 13.7. The molecular formula is C18H19FN2O4. The number of likely N-dealkylation sites (tertiary alicyclic amines) is 1. The minimum Gasteiger partial charge on any atom is -0.470 e. The monoisotopic (exact) mass is 346 g/mol. The summed E-state index contributed by atoms with van der Waals surface area (Å²) in [6.07, 6.45) is 5.00. The molecule has 0 aromatic carbocycles. The average Bonchev–Trinajstić information content (AvgIpc) is 3.27. The summed E-state index contributed by atoms with van der Waals surface area (Å²) in [7, 11) is 0. The van der Waals surface area contributed by atoms with Gasteiger partial charge in [0.25, 0.3) is 11.8 Å². The van der Waals surface area contributed by atoms with Crippen molar-refractivity contribution in [2.45, 2.75) is 31.0 Å². The Morgan fingerprint density at radius 2 is 2.32 bits per heavy atom. The molecule has 2 saturated heterocycles. The van der Waals surface area contributed by atoms with Crippen LogP contribution < -0.4 is 4.74 Å². The molecule has 2 aromatic heterocycles. The third-order valence-corrected chi connectivity index (χ3v) is 4.74. The lowest BCUT2D eigenvalue weighted by Gasteiger charge is -2.39. The van der Waals surface area contributed by atoms with Crippen LogP contribution in [0, 0.1) is 5.82 Å². The second-order valence-corrected chi connectivity index (χ2v) is 6.54. The van der Waals surface area contributed by atoms with Crippen LogP contribution in [0.15, 0.2) is 41.1 Å². The molecule has 0 aliphatic carbocycles. The number of carbonyl (C=O) groups is 1. The number of rotatable bonds is 3. The van der Waals surface area contributed by atoms with Crippen LogP contribution in [0.1, 0.15) is 29.8 Å². The second kappa shape index (κ2) is 6.48. The zero-order valence-corrected chi connectivity index (χ0v) is 13.7. The Balaban J connectivity index is 1.42. The molecule has 2 aromatic rings. The molecular weight excluding hydrogens is 327 g/mol. The van der Waals surface area contributed by atoms with Gasteiger partial charge < -0.3 is 18.8 Å². The molecule has 2 fully saturated rings. The van der Waals surface area contributed by atoms with Crippen LogP contribution in [0.4, 0.5) is 4.39 Å². The molecule has 0 N–H and O–H groups in total. The van der Waals surface area contributed by atoms with Crippen molar-refractivity contribution in [2.75, 3.05) is 19.7 Å². The van der Waals surface area contributed by atoms with Gasteiger partial charge in [0.15, 0.2) is 11.6 Å². The number of nitrogens with zero attached hydrogens (tertiary/aromatic N) is 2. The number of piperidine rings is 1. The highest BCUT2D eigenvalue weighted by molar-refractivity contribution is 5.91. The molecule has 0 bridgehead atoms. The molecule has 0 saturated carbocycles. The number of furan rings is 1. The Labute approximate surface area is 144 Å². The van der Waals surface area contributed by atoms with Crippen LogP contribution in [0.3, 0.4) is 0 Å². The predicted molar refractivity (Wildman–Crippen MR) is 85.8 cm³/mol. The smallest absolute Gasteiger partial charge is 0.289 e. The Morgan fingerprint density at radius 3 is 3.12 bits per heavy atom. The lowest BCUT2D eigenvalue weighted by atomic mass is 9.89. The van der Waals surface area contributed by atoms with Crippen molar-refractivity contribution in [1.29, 1.82) is 0 Å². The van der Waals surface area contributed by atoms with E-state index in [0.29, 0.717) is 31.9 Å². The molecule has 4 rings (SSSR count). The second-order valence-electron chi connectivity index (χ2n) is 6.54. The normalized spacial score (nSPS) is 26.1. The summed E-state index contributed by atoms with van der Waals surface area (Å²) in [5.74, 6) is -0.291. The maximum atomic E-state index is 13.7. The molecule has 0 unspecified atom stereocenters. The molecule has 2 atom stereocenters. The van der Waals surface area contributed by atoms with E-state index in [0.717, 1.165) is 12.8 Å². The van der Waals surface area contributed by atoms with Gasteiger partial charge in [-0.2, -0.15) is 0 Å². The highest BCUT2D eigenvalue weighted by Gasteiger charge is 2.46. The van der Waals surface area contributed by atoms with Crippen molar-refractivity contribution in [3.8, 4) is 5.88 Å². The van der Waals surface area contributed by atoms with Gasteiger partial charge >= 0.3 is 0 Å². The fourth-order valence-corrected chi connectivity index (χ4v) is 3.61. The highest BCUT2D eigenvalue weighted by Crippen LogP contribution is 2.36. The quantitative estimate of drug-likeness (QED) is 0.855. The minimum atomic E-state index is -0.485. The summed E-state index contributed by atoms with van der Waals surface area (Å²) in [6.45, 7) is 1.51. The first-order valence-corrected chi connectivity index (χ1v) is 8.39. The first-order valence-electron chi connectivity index (χ1n) is 8.39. The van der Waals surface area contributed by atoms with Crippen molar-refractivity contribution >= 4 is 5.91 Å². The van der Waals surface area contributed by atoms with Gasteiger partial charge in [-0.05, 0) is 37.1 Å². The van der Waals surface area contributed by atoms with Gasteiger partial charge in [-0.1, -0.05) is 0 Å². The summed E-state index contributed by atoms with van der Waals surface area (Å²) in [6, 6.07) is 6.20. The fourth-order valence-electron chi connectivity index (χ4n) is 3.61. The Morgan fingerprint density at radius 1 is 1.40 bits per heavy atom. The zero-order chi connectivity index (χ0) is 17.3.